The smallest absolute Gasteiger partial charge is 0.261 e. The molecule has 2 aromatic carbocycles. The third kappa shape index (κ3) is 5.47. The fraction of sp³-hybridized carbons (Fsp3) is 0.350. The summed E-state index contributed by atoms with van der Waals surface area (Å²) in [5.74, 6) is 0.317. The Morgan fingerprint density at radius 2 is 1.76 bits per heavy atom. The summed E-state index contributed by atoms with van der Waals surface area (Å²) in [6.45, 7) is 2.71. The lowest BCUT2D eigenvalue weighted by Crippen LogP contribution is -2.41. The van der Waals surface area contributed by atoms with Gasteiger partial charge < -0.3 is 19.1 Å². The minimum absolute atomic E-state index is 0.0743. The molecule has 0 spiro atoms. The van der Waals surface area contributed by atoms with E-state index in [1.807, 2.05) is 0 Å². The van der Waals surface area contributed by atoms with Gasteiger partial charge in [-0.1, -0.05) is 12.1 Å². The monoisotopic (exact) mass is 420 g/mol. The van der Waals surface area contributed by atoms with Gasteiger partial charge in [0.05, 0.1) is 36.0 Å². The fourth-order valence-corrected chi connectivity index (χ4v) is 3.94. The third-order valence-corrected chi connectivity index (χ3v) is 5.77. The van der Waals surface area contributed by atoms with Crippen molar-refractivity contribution in [2.24, 2.45) is 0 Å². The van der Waals surface area contributed by atoms with Crippen molar-refractivity contribution < 1.29 is 27.4 Å². The second kappa shape index (κ2) is 9.73. The number of nitrogens with zero attached hydrogens (tertiary/aromatic N) is 1. The first kappa shape index (κ1) is 21.1. The number of para-hydroxylation sites is 1. The number of benzene rings is 2. The highest BCUT2D eigenvalue weighted by Gasteiger charge is 2.23. The van der Waals surface area contributed by atoms with E-state index in [4.69, 9.17) is 14.2 Å². The number of carbonyl (C=O) groups is 1. The van der Waals surface area contributed by atoms with Gasteiger partial charge in [-0.3, -0.25) is 9.52 Å². The van der Waals surface area contributed by atoms with E-state index in [2.05, 4.69) is 4.72 Å². The standard InChI is InChI=1S/C20H24N2O6S/c1-26-14-15-28-16-6-8-17(9-7-16)29(24,25)21-19-5-3-2-4-18(19)20(23)22-10-12-27-13-11-22/h2-9,21H,10-15H2,1H3. The van der Waals surface area contributed by atoms with Gasteiger partial charge >= 0.3 is 0 Å². The number of anilines is 1. The number of ether oxygens (including phenoxy) is 3. The van der Waals surface area contributed by atoms with Crippen molar-refractivity contribution in [1.82, 2.24) is 4.90 Å². The first-order chi connectivity index (χ1) is 14.0. The third-order valence-electron chi connectivity index (χ3n) is 4.39. The van der Waals surface area contributed by atoms with Crippen LogP contribution in [0.15, 0.2) is 53.4 Å². The van der Waals surface area contributed by atoms with Gasteiger partial charge in [-0.05, 0) is 36.4 Å². The molecular weight excluding hydrogens is 396 g/mol. The second-order valence-corrected chi connectivity index (χ2v) is 8.05. The summed E-state index contributed by atoms with van der Waals surface area (Å²) >= 11 is 0. The Kier molecular flexibility index (Phi) is 7.08. The maximum atomic E-state index is 12.8. The molecule has 0 unspecified atom stereocenters. The average molecular weight is 420 g/mol. The van der Waals surface area contributed by atoms with Crippen LogP contribution in [0.2, 0.25) is 0 Å². The van der Waals surface area contributed by atoms with E-state index in [9.17, 15) is 13.2 Å². The minimum Gasteiger partial charge on any atom is -0.491 e. The van der Waals surface area contributed by atoms with E-state index in [1.165, 1.54) is 12.1 Å². The molecular formula is C20H24N2O6S. The highest BCUT2D eigenvalue weighted by atomic mass is 32.2. The number of carbonyl (C=O) groups excluding carboxylic acids is 1. The molecule has 0 radical (unpaired) electrons. The molecule has 1 heterocycles. The molecule has 0 aliphatic carbocycles. The molecule has 1 aliphatic heterocycles. The van der Waals surface area contributed by atoms with Gasteiger partial charge in [0, 0.05) is 20.2 Å². The van der Waals surface area contributed by atoms with Crippen molar-refractivity contribution in [3.05, 3.63) is 54.1 Å². The largest absolute Gasteiger partial charge is 0.491 e. The Morgan fingerprint density at radius 3 is 2.45 bits per heavy atom. The fourth-order valence-electron chi connectivity index (χ4n) is 2.86. The summed E-state index contributed by atoms with van der Waals surface area (Å²) in [4.78, 5) is 14.6. The van der Waals surface area contributed by atoms with Gasteiger partial charge in [0.15, 0.2) is 0 Å². The molecule has 9 heteroatoms. The summed E-state index contributed by atoms with van der Waals surface area (Å²) < 4.78 is 43.8. The van der Waals surface area contributed by atoms with Crippen molar-refractivity contribution in [2.75, 3.05) is 51.3 Å². The van der Waals surface area contributed by atoms with Gasteiger partial charge in [-0.25, -0.2) is 8.42 Å². The predicted molar refractivity (Wildman–Crippen MR) is 108 cm³/mol. The zero-order valence-electron chi connectivity index (χ0n) is 16.2. The Morgan fingerprint density at radius 1 is 1.07 bits per heavy atom. The lowest BCUT2D eigenvalue weighted by Gasteiger charge is -2.27. The van der Waals surface area contributed by atoms with Crippen LogP contribution < -0.4 is 9.46 Å². The molecule has 29 heavy (non-hydrogen) atoms. The molecule has 1 fully saturated rings. The summed E-state index contributed by atoms with van der Waals surface area (Å²) in [6, 6.07) is 12.6. The summed E-state index contributed by atoms with van der Waals surface area (Å²) in [5, 5.41) is 0. The molecule has 1 N–H and O–H groups in total. The molecule has 2 aromatic rings. The van der Waals surface area contributed by atoms with Crippen LogP contribution in [0.4, 0.5) is 5.69 Å². The zero-order valence-corrected chi connectivity index (χ0v) is 17.0. The first-order valence-electron chi connectivity index (χ1n) is 9.22. The normalized spacial score (nSPS) is 14.4. The van der Waals surface area contributed by atoms with Gasteiger partial charge in [-0.15, -0.1) is 0 Å². The number of hydrogen-bond acceptors (Lipinski definition) is 6. The van der Waals surface area contributed by atoms with E-state index < -0.39 is 10.0 Å². The number of sulfonamides is 1. The molecule has 156 valence electrons. The SMILES string of the molecule is COCCOc1ccc(S(=O)(=O)Nc2ccccc2C(=O)N2CCOCC2)cc1. The van der Waals surface area contributed by atoms with E-state index in [1.54, 1.807) is 48.4 Å². The van der Waals surface area contributed by atoms with Crippen molar-refractivity contribution in [3.63, 3.8) is 0 Å². The molecule has 1 saturated heterocycles. The van der Waals surface area contributed by atoms with Gasteiger partial charge in [0.25, 0.3) is 15.9 Å². The Hall–Kier alpha value is -2.62. The quantitative estimate of drug-likeness (QED) is 0.657. The number of nitrogens with one attached hydrogen (secondary N) is 1. The minimum atomic E-state index is -3.87. The van der Waals surface area contributed by atoms with E-state index >= 15 is 0 Å². The van der Waals surface area contributed by atoms with Crippen molar-refractivity contribution in [3.8, 4) is 5.75 Å². The van der Waals surface area contributed by atoms with E-state index in [0.717, 1.165) is 0 Å². The van der Waals surface area contributed by atoms with Crippen LogP contribution in [0, 0.1) is 0 Å². The lowest BCUT2D eigenvalue weighted by molar-refractivity contribution is 0.0303. The average Bonchev–Trinajstić information content (AvgIpc) is 2.74. The lowest BCUT2D eigenvalue weighted by atomic mass is 10.1. The van der Waals surface area contributed by atoms with Crippen LogP contribution in [0.1, 0.15) is 10.4 Å². The van der Waals surface area contributed by atoms with Crippen LogP contribution >= 0.6 is 0 Å². The number of methoxy groups -OCH3 is 1. The molecule has 0 saturated carbocycles. The summed E-state index contributed by atoms with van der Waals surface area (Å²) in [7, 11) is -2.29. The maximum Gasteiger partial charge on any atom is 0.261 e. The van der Waals surface area contributed by atoms with Crippen LogP contribution in [-0.2, 0) is 19.5 Å². The first-order valence-corrected chi connectivity index (χ1v) is 10.7. The van der Waals surface area contributed by atoms with Crippen LogP contribution in [0.25, 0.3) is 0 Å². The Balaban J connectivity index is 1.76. The topological polar surface area (TPSA) is 94.2 Å². The molecule has 3 rings (SSSR count). The Labute approximate surface area is 170 Å². The van der Waals surface area contributed by atoms with Crippen molar-refractivity contribution in [1.29, 1.82) is 0 Å². The number of amides is 1. The van der Waals surface area contributed by atoms with Gasteiger partial charge in [-0.2, -0.15) is 0 Å². The van der Waals surface area contributed by atoms with Crippen LogP contribution in [-0.4, -0.2) is 65.9 Å². The molecule has 0 aromatic heterocycles. The van der Waals surface area contributed by atoms with E-state index in [0.29, 0.717) is 50.8 Å². The number of rotatable bonds is 8. The molecule has 0 atom stereocenters. The molecule has 8 nitrogen and oxygen atoms in total. The number of morpholine rings is 1. The van der Waals surface area contributed by atoms with E-state index in [-0.39, 0.29) is 16.5 Å². The zero-order chi connectivity index (χ0) is 20.7. The summed E-state index contributed by atoms with van der Waals surface area (Å²) in [6.07, 6.45) is 0. The second-order valence-electron chi connectivity index (χ2n) is 6.37. The van der Waals surface area contributed by atoms with Crippen molar-refractivity contribution >= 4 is 21.6 Å². The highest BCUT2D eigenvalue weighted by Crippen LogP contribution is 2.23. The predicted octanol–water partition coefficient (Wildman–Crippen LogP) is 1.98. The Bertz CT molecular complexity index is 924. The molecule has 1 aliphatic rings. The molecule has 0 bridgehead atoms. The molecule has 1 amide bonds. The van der Waals surface area contributed by atoms with Gasteiger partial charge in [0.2, 0.25) is 0 Å². The maximum absolute atomic E-state index is 12.8. The van der Waals surface area contributed by atoms with Crippen molar-refractivity contribution in [2.45, 2.75) is 4.90 Å². The van der Waals surface area contributed by atoms with Crippen LogP contribution in [0.5, 0.6) is 5.75 Å². The number of hydrogen-bond donors (Lipinski definition) is 1. The summed E-state index contributed by atoms with van der Waals surface area (Å²) in [5.41, 5.74) is 0.543. The van der Waals surface area contributed by atoms with Crippen LogP contribution in [0.3, 0.4) is 0 Å². The highest BCUT2D eigenvalue weighted by molar-refractivity contribution is 7.92. The van der Waals surface area contributed by atoms with Gasteiger partial charge in [0.1, 0.15) is 12.4 Å².